The number of ether oxygens (including phenoxy) is 1. The van der Waals surface area contributed by atoms with Crippen LogP contribution in [0.4, 0.5) is 18.9 Å². The second kappa shape index (κ2) is 6.51. The van der Waals surface area contributed by atoms with Gasteiger partial charge in [-0.2, -0.15) is 13.2 Å². The molecular weight excluding hydrogens is 295 g/mol. The van der Waals surface area contributed by atoms with Crippen molar-refractivity contribution in [2.45, 2.75) is 12.6 Å². The molecule has 0 atom stereocenters. The predicted molar refractivity (Wildman–Crippen MR) is 76.8 cm³/mol. The number of rotatable bonds is 4. The van der Waals surface area contributed by atoms with Gasteiger partial charge in [0.05, 0.1) is 24.8 Å². The van der Waals surface area contributed by atoms with Gasteiger partial charge in [0, 0.05) is 5.56 Å². The molecule has 2 aromatic rings. The summed E-state index contributed by atoms with van der Waals surface area (Å²) in [6, 6.07) is 11.7. The number of carbonyl (C=O) groups is 1. The van der Waals surface area contributed by atoms with E-state index in [0.717, 1.165) is 6.07 Å². The molecule has 0 unspecified atom stereocenters. The maximum Gasteiger partial charge on any atom is 0.418 e. The smallest absolute Gasteiger partial charge is 0.418 e. The monoisotopic (exact) mass is 309 g/mol. The Labute approximate surface area is 125 Å². The molecular formula is C16H14F3NO2. The molecule has 0 saturated carbocycles. The van der Waals surface area contributed by atoms with Crippen LogP contribution in [0.5, 0.6) is 5.75 Å². The van der Waals surface area contributed by atoms with Crippen LogP contribution >= 0.6 is 0 Å². The van der Waals surface area contributed by atoms with Gasteiger partial charge < -0.3 is 10.1 Å². The van der Waals surface area contributed by atoms with E-state index in [1.807, 2.05) is 0 Å². The van der Waals surface area contributed by atoms with Crippen LogP contribution in [0.25, 0.3) is 0 Å². The van der Waals surface area contributed by atoms with Crippen molar-refractivity contribution < 1.29 is 22.7 Å². The number of anilines is 1. The molecule has 1 N–H and O–H groups in total. The number of amides is 1. The van der Waals surface area contributed by atoms with Crippen molar-refractivity contribution in [3.63, 3.8) is 0 Å². The fraction of sp³-hybridized carbons (Fsp3) is 0.188. The minimum absolute atomic E-state index is 0.0732. The zero-order valence-corrected chi connectivity index (χ0v) is 11.8. The Balaban J connectivity index is 2.17. The molecule has 0 spiro atoms. The van der Waals surface area contributed by atoms with Crippen molar-refractivity contribution in [1.82, 2.24) is 0 Å². The van der Waals surface area contributed by atoms with Crippen LogP contribution in [0, 0.1) is 0 Å². The zero-order valence-electron chi connectivity index (χ0n) is 11.8. The number of halogens is 3. The first kappa shape index (κ1) is 15.9. The summed E-state index contributed by atoms with van der Waals surface area (Å²) < 4.78 is 43.7. The first-order chi connectivity index (χ1) is 10.4. The number of hydrogen-bond donors (Lipinski definition) is 1. The van der Waals surface area contributed by atoms with Crippen LogP contribution in [0.15, 0.2) is 48.5 Å². The van der Waals surface area contributed by atoms with E-state index in [2.05, 4.69) is 5.32 Å². The average molecular weight is 309 g/mol. The van der Waals surface area contributed by atoms with E-state index in [1.54, 1.807) is 24.3 Å². The molecule has 3 nitrogen and oxygen atoms in total. The summed E-state index contributed by atoms with van der Waals surface area (Å²) in [6.07, 6.45) is -4.59. The lowest BCUT2D eigenvalue weighted by Gasteiger charge is -2.14. The third-order valence-electron chi connectivity index (χ3n) is 3.05. The molecule has 2 aromatic carbocycles. The van der Waals surface area contributed by atoms with Gasteiger partial charge in [0.15, 0.2) is 0 Å². The maximum absolute atomic E-state index is 12.9. The topological polar surface area (TPSA) is 38.3 Å². The molecule has 0 heterocycles. The summed E-state index contributed by atoms with van der Waals surface area (Å²) in [5.74, 6) is -0.0250. The summed E-state index contributed by atoms with van der Waals surface area (Å²) in [4.78, 5) is 12.0. The fourth-order valence-electron chi connectivity index (χ4n) is 2.06. The van der Waals surface area contributed by atoms with Gasteiger partial charge in [0.2, 0.25) is 5.91 Å². The summed E-state index contributed by atoms with van der Waals surface area (Å²) in [7, 11) is 1.47. The number of benzene rings is 2. The van der Waals surface area contributed by atoms with E-state index in [4.69, 9.17) is 4.74 Å². The summed E-state index contributed by atoms with van der Waals surface area (Å²) in [5, 5.41) is 2.30. The SMILES string of the molecule is COc1ccccc1CC(=O)Nc1ccccc1C(F)(F)F. The molecule has 0 aromatic heterocycles. The number of hydrogen-bond acceptors (Lipinski definition) is 2. The van der Waals surface area contributed by atoms with Crippen molar-refractivity contribution in [1.29, 1.82) is 0 Å². The highest BCUT2D eigenvalue weighted by molar-refractivity contribution is 5.93. The van der Waals surface area contributed by atoms with Crippen molar-refractivity contribution >= 4 is 11.6 Å². The van der Waals surface area contributed by atoms with Crippen molar-refractivity contribution in [2.24, 2.45) is 0 Å². The lowest BCUT2D eigenvalue weighted by molar-refractivity contribution is -0.137. The van der Waals surface area contributed by atoms with Gasteiger partial charge in [-0.05, 0) is 18.2 Å². The minimum atomic E-state index is -4.52. The number of carbonyl (C=O) groups excluding carboxylic acids is 1. The van der Waals surface area contributed by atoms with Crippen LogP contribution in [0.3, 0.4) is 0 Å². The van der Waals surface area contributed by atoms with Crippen molar-refractivity contribution in [3.05, 3.63) is 59.7 Å². The van der Waals surface area contributed by atoms with E-state index < -0.39 is 17.6 Å². The highest BCUT2D eigenvalue weighted by Crippen LogP contribution is 2.34. The third-order valence-corrected chi connectivity index (χ3v) is 3.05. The van der Waals surface area contributed by atoms with Gasteiger partial charge in [-0.1, -0.05) is 30.3 Å². The Bertz CT molecular complexity index is 668. The van der Waals surface area contributed by atoms with Crippen LogP contribution in [0.2, 0.25) is 0 Å². The number of methoxy groups -OCH3 is 1. The van der Waals surface area contributed by atoms with E-state index >= 15 is 0 Å². The highest BCUT2D eigenvalue weighted by atomic mass is 19.4. The Morgan fingerprint density at radius 3 is 2.41 bits per heavy atom. The molecule has 0 radical (unpaired) electrons. The first-order valence-electron chi connectivity index (χ1n) is 6.50. The molecule has 0 bridgehead atoms. The van der Waals surface area contributed by atoms with Crippen molar-refractivity contribution in [2.75, 3.05) is 12.4 Å². The predicted octanol–water partition coefficient (Wildman–Crippen LogP) is 3.90. The maximum atomic E-state index is 12.9. The van der Waals surface area contributed by atoms with Crippen LogP contribution < -0.4 is 10.1 Å². The molecule has 0 aliphatic rings. The molecule has 2 rings (SSSR count). The van der Waals surface area contributed by atoms with Gasteiger partial charge in [-0.15, -0.1) is 0 Å². The highest BCUT2D eigenvalue weighted by Gasteiger charge is 2.33. The summed E-state index contributed by atoms with van der Waals surface area (Å²) in [6.45, 7) is 0. The second-order valence-electron chi connectivity index (χ2n) is 4.58. The van der Waals surface area contributed by atoms with Gasteiger partial charge >= 0.3 is 6.18 Å². The minimum Gasteiger partial charge on any atom is -0.496 e. The fourth-order valence-corrected chi connectivity index (χ4v) is 2.06. The Morgan fingerprint density at radius 2 is 1.73 bits per heavy atom. The quantitative estimate of drug-likeness (QED) is 0.930. The third kappa shape index (κ3) is 3.78. The molecule has 22 heavy (non-hydrogen) atoms. The number of para-hydroxylation sites is 2. The number of alkyl halides is 3. The first-order valence-corrected chi connectivity index (χ1v) is 6.50. The Morgan fingerprint density at radius 1 is 1.09 bits per heavy atom. The van der Waals surface area contributed by atoms with E-state index in [9.17, 15) is 18.0 Å². The van der Waals surface area contributed by atoms with Gasteiger partial charge in [0.25, 0.3) is 0 Å². The molecule has 0 fully saturated rings. The van der Waals surface area contributed by atoms with Crippen LogP contribution in [-0.2, 0) is 17.4 Å². The van der Waals surface area contributed by atoms with E-state index in [-0.39, 0.29) is 12.1 Å². The average Bonchev–Trinajstić information content (AvgIpc) is 2.47. The van der Waals surface area contributed by atoms with E-state index in [0.29, 0.717) is 11.3 Å². The van der Waals surface area contributed by atoms with Crippen LogP contribution in [0.1, 0.15) is 11.1 Å². The molecule has 116 valence electrons. The molecule has 0 aliphatic heterocycles. The molecule has 6 heteroatoms. The van der Waals surface area contributed by atoms with Gasteiger partial charge in [-0.3, -0.25) is 4.79 Å². The molecule has 0 aliphatic carbocycles. The van der Waals surface area contributed by atoms with E-state index in [1.165, 1.54) is 25.3 Å². The normalized spacial score (nSPS) is 11.1. The lowest BCUT2D eigenvalue weighted by Crippen LogP contribution is -2.18. The Kier molecular flexibility index (Phi) is 4.70. The molecule has 0 saturated heterocycles. The van der Waals surface area contributed by atoms with Gasteiger partial charge in [-0.25, -0.2) is 0 Å². The van der Waals surface area contributed by atoms with Crippen LogP contribution in [-0.4, -0.2) is 13.0 Å². The standard InChI is InChI=1S/C16H14F3NO2/c1-22-14-9-5-2-6-11(14)10-15(21)20-13-8-4-3-7-12(13)16(17,18)19/h2-9H,10H2,1H3,(H,20,21). The zero-order chi connectivity index (χ0) is 16.2. The summed E-state index contributed by atoms with van der Waals surface area (Å²) in [5.41, 5.74) is -0.523. The second-order valence-corrected chi connectivity index (χ2v) is 4.58. The molecule has 1 amide bonds. The lowest BCUT2D eigenvalue weighted by atomic mass is 10.1. The van der Waals surface area contributed by atoms with Gasteiger partial charge in [0.1, 0.15) is 5.75 Å². The van der Waals surface area contributed by atoms with Crippen molar-refractivity contribution in [3.8, 4) is 5.75 Å². The number of nitrogens with one attached hydrogen (secondary N) is 1. The summed E-state index contributed by atoms with van der Waals surface area (Å²) >= 11 is 0. The Hall–Kier alpha value is -2.50. The largest absolute Gasteiger partial charge is 0.496 e.